The van der Waals surface area contributed by atoms with Gasteiger partial charge in [-0.3, -0.25) is 4.79 Å². The molecule has 2 rings (SSSR count). The van der Waals surface area contributed by atoms with Crippen LogP contribution in [0.5, 0.6) is 11.5 Å². The predicted octanol–water partition coefficient (Wildman–Crippen LogP) is 0.719. The van der Waals surface area contributed by atoms with Crippen LogP contribution in [0.25, 0.3) is 0 Å². The Hall–Kier alpha value is -2.28. The molecule has 1 amide bonds. The highest BCUT2D eigenvalue weighted by Gasteiger charge is 2.19. The summed E-state index contributed by atoms with van der Waals surface area (Å²) < 4.78 is 20.5. The summed E-state index contributed by atoms with van der Waals surface area (Å²) in [7, 11) is 2.78. The van der Waals surface area contributed by atoms with Crippen LogP contribution in [0.4, 0.5) is 0 Å². The Bertz CT molecular complexity index is 539. The second-order valence-electron chi connectivity index (χ2n) is 4.64. The zero-order valence-corrected chi connectivity index (χ0v) is 12.7. The maximum Gasteiger partial charge on any atom is 0.341 e. The van der Waals surface area contributed by atoms with E-state index < -0.39 is 5.97 Å². The van der Waals surface area contributed by atoms with Crippen molar-refractivity contribution in [1.82, 2.24) is 4.90 Å². The van der Waals surface area contributed by atoms with Gasteiger partial charge in [0.25, 0.3) is 5.91 Å². The van der Waals surface area contributed by atoms with Gasteiger partial charge in [-0.15, -0.1) is 0 Å². The van der Waals surface area contributed by atoms with Gasteiger partial charge in [-0.1, -0.05) is 0 Å². The van der Waals surface area contributed by atoms with Crippen LogP contribution in [-0.4, -0.2) is 63.9 Å². The Balaban J connectivity index is 2.05. The Labute approximate surface area is 128 Å². The minimum Gasteiger partial charge on any atom is -0.497 e. The van der Waals surface area contributed by atoms with E-state index >= 15 is 0 Å². The second kappa shape index (κ2) is 7.65. The van der Waals surface area contributed by atoms with Crippen molar-refractivity contribution in [3.05, 3.63) is 23.8 Å². The first kappa shape index (κ1) is 16.1. The minimum absolute atomic E-state index is 0.143. The molecule has 120 valence electrons. The summed E-state index contributed by atoms with van der Waals surface area (Å²) in [6.07, 6.45) is 0. The molecule has 1 aliphatic rings. The molecule has 1 fully saturated rings. The number of benzene rings is 1. The summed E-state index contributed by atoms with van der Waals surface area (Å²) in [6.45, 7) is 2.02. The van der Waals surface area contributed by atoms with E-state index in [0.717, 1.165) is 0 Å². The molecule has 0 spiro atoms. The number of ether oxygens (including phenoxy) is 4. The number of nitrogens with zero attached hydrogens (tertiary/aromatic N) is 1. The fourth-order valence-electron chi connectivity index (χ4n) is 2.07. The van der Waals surface area contributed by atoms with Crippen molar-refractivity contribution >= 4 is 11.9 Å². The first-order valence-electron chi connectivity index (χ1n) is 6.90. The van der Waals surface area contributed by atoms with Crippen molar-refractivity contribution in [2.75, 3.05) is 47.1 Å². The van der Waals surface area contributed by atoms with E-state index in [1.807, 2.05) is 0 Å². The van der Waals surface area contributed by atoms with Crippen molar-refractivity contribution in [3.63, 3.8) is 0 Å². The summed E-state index contributed by atoms with van der Waals surface area (Å²) >= 11 is 0. The molecule has 0 saturated carbocycles. The van der Waals surface area contributed by atoms with E-state index in [9.17, 15) is 9.59 Å². The quantitative estimate of drug-likeness (QED) is 0.746. The van der Waals surface area contributed by atoms with Crippen LogP contribution in [0.3, 0.4) is 0 Å². The number of methoxy groups -OCH3 is 2. The Kier molecular flexibility index (Phi) is 5.60. The number of carbonyl (C=O) groups excluding carboxylic acids is 2. The molecule has 1 saturated heterocycles. The van der Waals surface area contributed by atoms with Crippen molar-refractivity contribution in [2.45, 2.75) is 0 Å². The molecule has 7 nitrogen and oxygen atoms in total. The molecule has 0 unspecified atom stereocenters. The third-order valence-corrected chi connectivity index (χ3v) is 3.31. The molecule has 0 atom stereocenters. The van der Waals surface area contributed by atoms with Gasteiger partial charge >= 0.3 is 5.97 Å². The fourth-order valence-corrected chi connectivity index (χ4v) is 2.07. The molecule has 0 N–H and O–H groups in total. The van der Waals surface area contributed by atoms with Crippen molar-refractivity contribution < 1.29 is 28.5 Å². The average Bonchev–Trinajstić information content (AvgIpc) is 2.59. The number of hydrogen-bond acceptors (Lipinski definition) is 6. The summed E-state index contributed by atoms with van der Waals surface area (Å²) in [5.41, 5.74) is 0.219. The summed E-state index contributed by atoms with van der Waals surface area (Å²) in [6, 6.07) is 4.75. The molecule has 0 aromatic heterocycles. The van der Waals surface area contributed by atoms with Gasteiger partial charge in [0, 0.05) is 13.1 Å². The number of hydrogen-bond donors (Lipinski definition) is 0. The third-order valence-electron chi connectivity index (χ3n) is 3.31. The van der Waals surface area contributed by atoms with Gasteiger partial charge in [0.1, 0.15) is 17.1 Å². The zero-order valence-electron chi connectivity index (χ0n) is 12.7. The first-order chi connectivity index (χ1) is 10.7. The molecule has 1 aromatic rings. The number of esters is 1. The van der Waals surface area contributed by atoms with E-state index in [0.29, 0.717) is 32.1 Å². The smallest absolute Gasteiger partial charge is 0.341 e. The van der Waals surface area contributed by atoms with Crippen molar-refractivity contribution in [2.24, 2.45) is 0 Å². The van der Waals surface area contributed by atoms with Crippen LogP contribution in [0.2, 0.25) is 0 Å². The fraction of sp³-hybridized carbons (Fsp3) is 0.467. The van der Waals surface area contributed by atoms with Gasteiger partial charge in [-0.05, 0) is 18.2 Å². The lowest BCUT2D eigenvalue weighted by Crippen LogP contribution is -2.43. The van der Waals surface area contributed by atoms with Crippen molar-refractivity contribution in [1.29, 1.82) is 0 Å². The predicted molar refractivity (Wildman–Crippen MR) is 77.2 cm³/mol. The number of carbonyl (C=O) groups is 2. The first-order valence-corrected chi connectivity index (χ1v) is 6.90. The van der Waals surface area contributed by atoms with Crippen LogP contribution in [0.1, 0.15) is 10.4 Å². The molecule has 1 heterocycles. The largest absolute Gasteiger partial charge is 0.497 e. The lowest BCUT2D eigenvalue weighted by atomic mass is 10.2. The summed E-state index contributed by atoms with van der Waals surface area (Å²) in [5.74, 6) is 0.101. The SMILES string of the molecule is COC(=O)c1cc(OC)ccc1OCC(=O)N1CCOCC1. The number of morpholine rings is 1. The molecule has 0 bridgehead atoms. The van der Waals surface area contributed by atoms with Crippen molar-refractivity contribution in [3.8, 4) is 11.5 Å². The van der Waals surface area contributed by atoms with Crippen LogP contribution in [-0.2, 0) is 14.3 Å². The van der Waals surface area contributed by atoms with E-state index in [1.54, 1.807) is 17.0 Å². The normalized spacial score (nSPS) is 14.4. The molecule has 0 aliphatic carbocycles. The maximum absolute atomic E-state index is 12.0. The summed E-state index contributed by atoms with van der Waals surface area (Å²) in [4.78, 5) is 25.5. The van der Waals surface area contributed by atoms with Gasteiger partial charge in [0.05, 0.1) is 27.4 Å². The van der Waals surface area contributed by atoms with Gasteiger partial charge in [0.15, 0.2) is 6.61 Å². The lowest BCUT2D eigenvalue weighted by Gasteiger charge is -2.26. The Morgan fingerprint density at radius 2 is 1.95 bits per heavy atom. The van der Waals surface area contributed by atoms with Gasteiger partial charge in [-0.2, -0.15) is 0 Å². The highest BCUT2D eigenvalue weighted by molar-refractivity contribution is 5.93. The van der Waals surface area contributed by atoms with E-state index in [1.165, 1.54) is 20.3 Å². The second-order valence-corrected chi connectivity index (χ2v) is 4.64. The average molecular weight is 309 g/mol. The van der Waals surface area contributed by atoms with E-state index in [2.05, 4.69) is 0 Å². The molecule has 22 heavy (non-hydrogen) atoms. The summed E-state index contributed by atoms with van der Waals surface area (Å²) in [5, 5.41) is 0. The molecule has 7 heteroatoms. The standard InChI is InChI=1S/C15H19NO6/c1-19-11-3-4-13(12(9-11)15(18)20-2)22-10-14(17)16-5-7-21-8-6-16/h3-4,9H,5-8,10H2,1-2H3. The van der Waals surface area contributed by atoms with Gasteiger partial charge in [0.2, 0.25) is 0 Å². The number of amides is 1. The lowest BCUT2D eigenvalue weighted by molar-refractivity contribution is -0.137. The maximum atomic E-state index is 12.0. The van der Waals surface area contributed by atoms with Crippen LogP contribution < -0.4 is 9.47 Å². The van der Waals surface area contributed by atoms with Crippen LogP contribution in [0.15, 0.2) is 18.2 Å². The molecule has 1 aliphatic heterocycles. The highest BCUT2D eigenvalue weighted by Crippen LogP contribution is 2.25. The molecule has 0 radical (unpaired) electrons. The van der Waals surface area contributed by atoms with E-state index in [-0.39, 0.29) is 23.8 Å². The Morgan fingerprint density at radius 1 is 1.23 bits per heavy atom. The Morgan fingerprint density at radius 3 is 2.59 bits per heavy atom. The highest BCUT2D eigenvalue weighted by atomic mass is 16.5. The topological polar surface area (TPSA) is 74.3 Å². The number of rotatable bonds is 5. The van der Waals surface area contributed by atoms with Crippen LogP contribution in [0, 0.1) is 0 Å². The minimum atomic E-state index is -0.548. The molecular weight excluding hydrogens is 290 g/mol. The zero-order chi connectivity index (χ0) is 15.9. The molecular formula is C15H19NO6. The van der Waals surface area contributed by atoms with E-state index in [4.69, 9.17) is 18.9 Å². The molecule has 1 aromatic carbocycles. The van der Waals surface area contributed by atoms with Gasteiger partial charge in [-0.25, -0.2) is 4.79 Å². The third kappa shape index (κ3) is 3.88. The monoisotopic (exact) mass is 309 g/mol. The van der Waals surface area contributed by atoms with Gasteiger partial charge < -0.3 is 23.8 Å². The van der Waals surface area contributed by atoms with Crippen LogP contribution >= 0.6 is 0 Å².